The molecule has 18 heavy (non-hydrogen) atoms. The Morgan fingerprint density at radius 2 is 1.89 bits per heavy atom. The summed E-state index contributed by atoms with van der Waals surface area (Å²) in [5, 5.41) is 0. The molecule has 0 radical (unpaired) electrons. The van der Waals surface area contributed by atoms with Crippen LogP contribution in [0, 0.1) is 17.3 Å². The molecule has 96 valence electrons. The summed E-state index contributed by atoms with van der Waals surface area (Å²) in [5.74, 6) is 1.87. The molecule has 4 rings (SSSR count). The average Bonchev–Trinajstić information content (AvgIpc) is 2.40. The van der Waals surface area contributed by atoms with Crippen molar-refractivity contribution in [2.45, 2.75) is 46.0 Å². The van der Waals surface area contributed by atoms with Crippen LogP contribution in [0.5, 0.6) is 0 Å². The first-order chi connectivity index (χ1) is 8.68. The molecule has 1 fully saturated rings. The molecule has 0 amide bonds. The van der Waals surface area contributed by atoms with Gasteiger partial charge in [-0.3, -0.25) is 0 Å². The number of allylic oxidation sites excluding steroid dienone is 2. The Bertz CT molecular complexity index is 438. The second kappa shape index (κ2) is 4.57. The van der Waals surface area contributed by atoms with Crippen molar-refractivity contribution >= 4 is 0 Å². The maximum atomic E-state index is 2.55. The molecule has 1 aromatic rings. The minimum atomic E-state index is 0.594. The summed E-state index contributed by atoms with van der Waals surface area (Å²) in [6, 6.07) is 10.9. The minimum Gasteiger partial charge on any atom is -0.0847 e. The third-order valence-corrected chi connectivity index (χ3v) is 5.36. The molecule has 0 saturated heterocycles. The zero-order chi connectivity index (χ0) is 12.6. The highest BCUT2D eigenvalue weighted by molar-refractivity contribution is 5.23. The third-order valence-electron chi connectivity index (χ3n) is 5.36. The number of aryl methyl sites for hydroxylation is 1. The summed E-state index contributed by atoms with van der Waals surface area (Å²) in [5.41, 5.74) is 3.84. The van der Waals surface area contributed by atoms with E-state index in [1.165, 1.54) is 37.7 Å². The Morgan fingerprint density at radius 3 is 2.56 bits per heavy atom. The molecule has 3 aliphatic rings. The highest BCUT2D eigenvalue weighted by Crippen LogP contribution is 2.59. The van der Waals surface area contributed by atoms with E-state index in [2.05, 4.69) is 50.3 Å². The molecular formula is C18H24. The van der Waals surface area contributed by atoms with Crippen molar-refractivity contribution in [3.05, 3.63) is 47.5 Å². The number of hydrogen-bond acceptors (Lipinski definition) is 0. The molecule has 0 heterocycles. The van der Waals surface area contributed by atoms with Gasteiger partial charge in [-0.2, -0.15) is 0 Å². The Balaban J connectivity index is 1.54. The summed E-state index contributed by atoms with van der Waals surface area (Å²) in [4.78, 5) is 0. The van der Waals surface area contributed by atoms with Crippen LogP contribution in [0.2, 0.25) is 0 Å². The van der Waals surface area contributed by atoms with E-state index < -0.39 is 0 Å². The van der Waals surface area contributed by atoms with E-state index in [0.29, 0.717) is 5.41 Å². The molecule has 2 unspecified atom stereocenters. The first-order valence-electron chi connectivity index (χ1n) is 7.41. The van der Waals surface area contributed by atoms with E-state index in [1.54, 1.807) is 5.57 Å². The molecule has 0 N–H and O–H groups in total. The van der Waals surface area contributed by atoms with Gasteiger partial charge in [0, 0.05) is 0 Å². The number of benzene rings is 1. The molecule has 0 aromatic heterocycles. The van der Waals surface area contributed by atoms with Gasteiger partial charge in [-0.25, -0.2) is 0 Å². The second-order valence-electron chi connectivity index (χ2n) is 6.66. The van der Waals surface area contributed by atoms with E-state index >= 15 is 0 Å². The van der Waals surface area contributed by atoms with Crippen LogP contribution in [0.3, 0.4) is 0 Å². The number of rotatable bonds is 4. The van der Waals surface area contributed by atoms with Gasteiger partial charge >= 0.3 is 0 Å². The van der Waals surface area contributed by atoms with Crippen LogP contribution in [-0.4, -0.2) is 0 Å². The molecule has 1 aromatic carbocycles. The van der Waals surface area contributed by atoms with Crippen LogP contribution in [0.1, 0.15) is 45.1 Å². The number of hydrogen-bond donors (Lipinski definition) is 0. The zero-order valence-corrected chi connectivity index (χ0v) is 11.7. The van der Waals surface area contributed by atoms with Gasteiger partial charge in [-0.1, -0.05) is 55.8 Å². The summed E-state index contributed by atoms with van der Waals surface area (Å²) in [6.45, 7) is 4.94. The van der Waals surface area contributed by atoms with Crippen LogP contribution in [0.25, 0.3) is 0 Å². The molecule has 2 bridgehead atoms. The average molecular weight is 240 g/mol. The van der Waals surface area contributed by atoms with Gasteiger partial charge in [0.15, 0.2) is 0 Å². The van der Waals surface area contributed by atoms with Gasteiger partial charge in [-0.05, 0) is 54.9 Å². The first kappa shape index (κ1) is 12.0. The van der Waals surface area contributed by atoms with Gasteiger partial charge in [0.2, 0.25) is 0 Å². The molecule has 1 saturated carbocycles. The predicted molar refractivity (Wildman–Crippen MR) is 77.5 cm³/mol. The molecular weight excluding hydrogens is 216 g/mol. The van der Waals surface area contributed by atoms with Crippen LogP contribution in [0.15, 0.2) is 42.0 Å². The largest absolute Gasteiger partial charge is 0.0847 e. The fraction of sp³-hybridized carbons (Fsp3) is 0.556. The summed E-state index contributed by atoms with van der Waals surface area (Å²) in [7, 11) is 0. The topological polar surface area (TPSA) is 0 Å². The van der Waals surface area contributed by atoms with Gasteiger partial charge in [0.05, 0.1) is 0 Å². The quantitative estimate of drug-likeness (QED) is 0.650. The fourth-order valence-electron chi connectivity index (χ4n) is 3.90. The molecule has 0 spiro atoms. The van der Waals surface area contributed by atoms with Gasteiger partial charge in [0.25, 0.3) is 0 Å². The third kappa shape index (κ3) is 2.02. The minimum absolute atomic E-state index is 0.594. The lowest BCUT2D eigenvalue weighted by Crippen LogP contribution is -2.48. The molecule has 0 aliphatic heterocycles. The lowest BCUT2D eigenvalue weighted by atomic mass is 9.48. The van der Waals surface area contributed by atoms with E-state index in [-0.39, 0.29) is 0 Å². The monoisotopic (exact) mass is 240 g/mol. The van der Waals surface area contributed by atoms with E-state index in [1.807, 2.05) is 0 Å². The van der Waals surface area contributed by atoms with Crippen molar-refractivity contribution in [1.82, 2.24) is 0 Å². The van der Waals surface area contributed by atoms with Crippen molar-refractivity contribution in [3.8, 4) is 0 Å². The fourth-order valence-corrected chi connectivity index (χ4v) is 3.90. The van der Waals surface area contributed by atoms with Gasteiger partial charge < -0.3 is 0 Å². The smallest absolute Gasteiger partial charge is 0.0146 e. The Hall–Kier alpha value is -1.04. The van der Waals surface area contributed by atoms with Crippen molar-refractivity contribution in [3.63, 3.8) is 0 Å². The van der Waals surface area contributed by atoms with Crippen LogP contribution in [-0.2, 0) is 6.42 Å². The second-order valence-corrected chi connectivity index (χ2v) is 6.66. The lowest BCUT2D eigenvalue weighted by molar-refractivity contribution is -0.00834. The van der Waals surface area contributed by atoms with Crippen molar-refractivity contribution < 1.29 is 0 Å². The molecule has 0 heteroatoms. The van der Waals surface area contributed by atoms with Gasteiger partial charge in [-0.15, -0.1) is 0 Å². The van der Waals surface area contributed by atoms with Crippen molar-refractivity contribution in [2.24, 2.45) is 17.3 Å². The molecule has 0 nitrogen and oxygen atoms in total. The zero-order valence-electron chi connectivity index (χ0n) is 11.7. The van der Waals surface area contributed by atoms with Crippen LogP contribution in [0.4, 0.5) is 0 Å². The Kier molecular flexibility index (Phi) is 3.05. The highest BCUT2D eigenvalue weighted by Gasteiger charge is 2.50. The number of fused-ring (bicyclic) bond motifs is 1. The lowest BCUT2D eigenvalue weighted by Gasteiger charge is -2.56. The van der Waals surface area contributed by atoms with Crippen molar-refractivity contribution in [1.29, 1.82) is 0 Å². The summed E-state index contributed by atoms with van der Waals surface area (Å²) >= 11 is 0. The summed E-state index contributed by atoms with van der Waals surface area (Å²) < 4.78 is 0. The molecule has 3 aliphatic carbocycles. The first-order valence-corrected chi connectivity index (χ1v) is 7.41. The Labute approximate surface area is 111 Å². The van der Waals surface area contributed by atoms with Crippen molar-refractivity contribution in [2.75, 3.05) is 0 Å². The maximum Gasteiger partial charge on any atom is -0.0146 e. The highest BCUT2D eigenvalue weighted by atomic mass is 14.5. The van der Waals surface area contributed by atoms with Crippen LogP contribution >= 0.6 is 0 Å². The maximum absolute atomic E-state index is 2.55. The van der Waals surface area contributed by atoms with E-state index in [9.17, 15) is 0 Å². The SMILES string of the molecule is CC1(C)C2CC=C(CCCc3ccccc3)C1C2. The van der Waals surface area contributed by atoms with Crippen LogP contribution < -0.4 is 0 Å². The standard InChI is InChI=1S/C18H24/c1-18(2)16-12-11-15(17(18)13-16)10-6-9-14-7-4-3-5-8-14/h3-5,7-8,11,16-17H,6,9-10,12-13H2,1-2H3. The van der Waals surface area contributed by atoms with E-state index in [4.69, 9.17) is 0 Å². The Morgan fingerprint density at radius 1 is 1.11 bits per heavy atom. The molecule has 2 atom stereocenters. The van der Waals surface area contributed by atoms with Gasteiger partial charge in [0.1, 0.15) is 0 Å². The summed E-state index contributed by atoms with van der Waals surface area (Å²) in [6.07, 6.45) is 9.21. The van der Waals surface area contributed by atoms with E-state index in [0.717, 1.165) is 11.8 Å². The normalized spacial score (nSPS) is 28.4. The predicted octanol–water partition coefficient (Wildman–Crippen LogP) is 5.00.